The molecule has 1 amide bonds. The fraction of sp³-hybridized carbons (Fsp3) is 0.476. The first kappa shape index (κ1) is 20.3. The quantitative estimate of drug-likeness (QED) is 0.711. The molecule has 156 valence electrons. The highest BCUT2D eigenvalue weighted by atomic mass is 32.1. The molecule has 0 bridgehead atoms. The summed E-state index contributed by atoms with van der Waals surface area (Å²) in [5.41, 5.74) is 1.39. The van der Waals surface area contributed by atoms with Crippen molar-refractivity contribution in [2.75, 3.05) is 13.1 Å². The minimum Gasteiger partial charge on any atom is -0.391 e. The van der Waals surface area contributed by atoms with Gasteiger partial charge in [-0.15, -0.1) is 11.3 Å². The van der Waals surface area contributed by atoms with Gasteiger partial charge in [-0.3, -0.25) is 4.79 Å². The number of hydrogen-bond donors (Lipinski definition) is 1. The Balaban J connectivity index is 1.65. The average molecular weight is 427 g/mol. The fourth-order valence-corrected chi connectivity index (χ4v) is 5.18. The Morgan fingerprint density at radius 3 is 2.48 bits per heavy atom. The normalized spacial score (nSPS) is 22.0. The molecule has 29 heavy (non-hydrogen) atoms. The summed E-state index contributed by atoms with van der Waals surface area (Å²) in [4.78, 5) is 14.9. The first-order valence-electron chi connectivity index (χ1n) is 9.46. The number of nitrogens with zero attached hydrogens (tertiary/aromatic N) is 1. The van der Waals surface area contributed by atoms with Gasteiger partial charge in [-0.05, 0) is 48.9 Å². The van der Waals surface area contributed by atoms with Gasteiger partial charge in [0.1, 0.15) is 6.17 Å². The van der Waals surface area contributed by atoms with E-state index < -0.39 is 17.9 Å². The van der Waals surface area contributed by atoms with Crippen LogP contribution in [0.4, 0.5) is 17.6 Å². The third-order valence-corrected chi connectivity index (χ3v) is 7.38. The summed E-state index contributed by atoms with van der Waals surface area (Å²) in [5.74, 6) is -0.782. The van der Waals surface area contributed by atoms with E-state index in [1.807, 2.05) is 0 Å². The first-order valence-corrected chi connectivity index (χ1v) is 10.3. The minimum atomic E-state index is -4.54. The monoisotopic (exact) mass is 427 g/mol. The molecule has 1 aliphatic heterocycles. The van der Waals surface area contributed by atoms with Crippen molar-refractivity contribution in [2.45, 2.75) is 45.1 Å². The molecule has 1 aromatic carbocycles. The summed E-state index contributed by atoms with van der Waals surface area (Å²) in [7, 11) is 0. The highest BCUT2D eigenvalue weighted by Gasteiger charge is 2.48. The Hall–Kier alpha value is -1.93. The summed E-state index contributed by atoms with van der Waals surface area (Å²) in [5, 5.41) is 9.45. The van der Waals surface area contributed by atoms with Gasteiger partial charge in [0.05, 0.1) is 25.3 Å². The molecule has 0 spiro atoms. The van der Waals surface area contributed by atoms with E-state index in [2.05, 4.69) is 0 Å². The van der Waals surface area contributed by atoms with Crippen molar-refractivity contribution in [3.05, 3.63) is 45.3 Å². The zero-order valence-corrected chi connectivity index (χ0v) is 16.8. The van der Waals surface area contributed by atoms with Crippen LogP contribution in [0.25, 0.3) is 10.4 Å². The van der Waals surface area contributed by atoms with E-state index >= 15 is 0 Å². The number of aliphatic hydroxyl groups excluding tert-OH is 1. The van der Waals surface area contributed by atoms with E-state index in [4.69, 9.17) is 0 Å². The summed E-state index contributed by atoms with van der Waals surface area (Å²) in [6.07, 6.45) is -5.04. The van der Waals surface area contributed by atoms with Crippen molar-refractivity contribution < 1.29 is 27.5 Å². The zero-order valence-electron chi connectivity index (χ0n) is 16.0. The molecule has 1 N–H and O–H groups in total. The molecule has 2 heterocycles. The molecular weight excluding hydrogens is 406 g/mol. The van der Waals surface area contributed by atoms with Crippen molar-refractivity contribution in [2.24, 2.45) is 5.92 Å². The van der Waals surface area contributed by atoms with Crippen molar-refractivity contribution in [1.29, 1.82) is 0 Å². The van der Waals surface area contributed by atoms with E-state index in [9.17, 15) is 27.5 Å². The van der Waals surface area contributed by atoms with Crippen molar-refractivity contribution in [3.63, 3.8) is 0 Å². The lowest BCUT2D eigenvalue weighted by Gasteiger charge is -2.34. The number of benzene rings is 1. The number of carbonyl (C=O) groups excluding carboxylic acids is 1. The maximum Gasteiger partial charge on any atom is 0.417 e. The number of amides is 1. The van der Waals surface area contributed by atoms with Gasteiger partial charge in [-0.2, -0.15) is 13.2 Å². The number of thiophene rings is 1. The molecule has 2 aromatic rings. The molecule has 2 fully saturated rings. The van der Waals surface area contributed by atoms with Gasteiger partial charge in [0.25, 0.3) is 0 Å². The molecule has 2 atom stereocenters. The van der Waals surface area contributed by atoms with E-state index in [1.165, 1.54) is 22.3 Å². The Morgan fingerprint density at radius 1 is 1.24 bits per heavy atom. The van der Waals surface area contributed by atoms with Gasteiger partial charge in [-0.25, -0.2) is 4.39 Å². The molecule has 4 rings (SSSR count). The average Bonchev–Trinajstić information content (AvgIpc) is 3.39. The Bertz CT molecular complexity index is 962. The molecule has 1 aliphatic carbocycles. The molecule has 0 radical (unpaired) electrons. The Kier molecular flexibility index (Phi) is 4.98. The second kappa shape index (κ2) is 7.09. The Labute approximate surface area is 170 Å². The standard InChI is InChI=1S/C21H21F4NO2S/c1-10-11(2)19(29-18(10)9-27)14-4-3-12(5-17(14)21(23,24)25)15-6-16(15)20(28)26-7-13(22)8-26/h3-5,13,15-16,27H,6-9H2,1-2H3. The highest BCUT2D eigenvalue weighted by Crippen LogP contribution is 2.51. The van der Waals surface area contributed by atoms with Crippen molar-refractivity contribution >= 4 is 17.2 Å². The van der Waals surface area contributed by atoms with Gasteiger partial charge in [0.2, 0.25) is 5.91 Å². The maximum absolute atomic E-state index is 13.8. The van der Waals surface area contributed by atoms with Crippen LogP contribution < -0.4 is 0 Å². The lowest BCUT2D eigenvalue weighted by atomic mass is 9.96. The Morgan fingerprint density at radius 2 is 1.93 bits per heavy atom. The number of likely N-dealkylation sites (tertiary alicyclic amines) is 1. The second-order valence-corrected chi connectivity index (χ2v) is 8.96. The summed E-state index contributed by atoms with van der Waals surface area (Å²) in [6.45, 7) is 3.51. The molecular formula is C21H21F4NO2S. The van der Waals surface area contributed by atoms with Crippen LogP contribution in [-0.4, -0.2) is 35.2 Å². The number of carbonyl (C=O) groups is 1. The van der Waals surface area contributed by atoms with Crippen LogP contribution in [-0.2, 0) is 17.6 Å². The smallest absolute Gasteiger partial charge is 0.391 e. The SMILES string of the molecule is Cc1c(CO)sc(-c2ccc(C3CC3C(=O)N3CC(F)C3)cc2C(F)(F)F)c1C. The van der Waals surface area contributed by atoms with Crippen LogP contribution in [0.2, 0.25) is 0 Å². The number of alkyl halides is 4. The topological polar surface area (TPSA) is 40.5 Å². The number of hydrogen-bond acceptors (Lipinski definition) is 3. The first-order chi connectivity index (χ1) is 13.6. The van der Waals surface area contributed by atoms with E-state index in [0.717, 1.165) is 17.2 Å². The van der Waals surface area contributed by atoms with E-state index in [0.29, 0.717) is 21.7 Å². The van der Waals surface area contributed by atoms with Gasteiger partial charge in [0, 0.05) is 21.2 Å². The molecule has 1 aromatic heterocycles. The molecule has 3 nitrogen and oxygen atoms in total. The molecule has 2 aliphatic rings. The van der Waals surface area contributed by atoms with Gasteiger partial charge < -0.3 is 10.0 Å². The molecule has 2 unspecified atom stereocenters. The number of rotatable bonds is 4. The van der Waals surface area contributed by atoms with Gasteiger partial charge in [0.15, 0.2) is 0 Å². The largest absolute Gasteiger partial charge is 0.417 e. The third kappa shape index (κ3) is 3.57. The molecule has 8 heteroatoms. The van der Waals surface area contributed by atoms with Crippen LogP contribution in [0.1, 0.15) is 39.5 Å². The van der Waals surface area contributed by atoms with Crippen LogP contribution in [0.5, 0.6) is 0 Å². The number of halogens is 4. The lowest BCUT2D eigenvalue weighted by Crippen LogP contribution is -2.52. The van der Waals surface area contributed by atoms with Gasteiger partial charge in [-0.1, -0.05) is 12.1 Å². The van der Waals surface area contributed by atoms with Crippen molar-refractivity contribution in [3.8, 4) is 10.4 Å². The number of aliphatic hydroxyl groups is 1. The summed E-state index contributed by atoms with van der Waals surface area (Å²) in [6, 6.07) is 4.27. The second-order valence-electron chi connectivity index (χ2n) is 7.85. The van der Waals surface area contributed by atoms with Crippen LogP contribution >= 0.6 is 11.3 Å². The predicted octanol–water partition coefficient (Wildman–Crippen LogP) is 4.83. The summed E-state index contributed by atoms with van der Waals surface area (Å²) < 4.78 is 54.5. The third-order valence-electron chi connectivity index (χ3n) is 5.97. The van der Waals surface area contributed by atoms with Crippen molar-refractivity contribution in [1.82, 2.24) is 4.90 Å². The lowest BCUT2D eigenvalue weighted by molar-refractivity contribution is -0.139. The summed E-state index contributed by atoms with van der Waals surface area (Å²) >= 11 is 1.17. The van der Waals surface area contributed by atoms with Crippen LogP contribution in [0.3, 0.4) is 0 Å². The molecule has 1 saturated carbocycles. The van der Waals surface area contributed by atoms with E-state index in [-0.39, 0.29) is 43.0 Å². The van der Waals surface area contributed by atoms with Crippen LogP contribution in [0.15, 0.2) is 18.2 Å². The molecule has 1 saturated heterocycles. The predicted molar refractivity (Wildman–Crippen MR) is 102 cm³/mol. The maximum atomic E-state index is 13.8. The minimum absolute atomic E-state index is 0.0823. The van der Waals surface area contributed by atoms with E-state index in [1.54, 1.807) is 19.9 Å². The van der Waals surface area contributed by atoms with Gasteiger partial charge >= 0.3 is 6.18 Å². The highest BCUT2D eigenvalue weighted by molar-refractivity contribution is 7.15. The van der Waals surface area contributed by atoms with Crippen LogP contribution in [0, 0.1) is 19.8 Å². The zero-order chi connectivity index (χ0) is 21.1. The fourth-order valence-electron chi connectivity index (χ4n) is 3.96.